The van der Waals surface area contributed by atoms with Crippen molar-refractivity contribution in [3.63, 3.8) is 0 Å². The highest BCUT2D eigenvalue weighted by Crippen LogP contribution is 2.49. The van der Waals surface area contributed by atoms with Crippen LogP contribution in [0.5, 0.6) is 0 Å². The fourth-order valence-electron chi connectivity index (χ4n) is 5.95. The maximum Gasteiger partial charge on any atom is 0.329 e. The fraction of sp³-hybridized carbons (Fsp3) is 0. The monoisotopic (exact) mass is 419 g/mol. The van der Waals surface area contributed by atoms with E-state index in [2.05, 4.69) is 108 Å². The summed E-state index contributed by atoms with van der Waals surface area (Å²) in [5.41, 5.74) is 12.0. The first kappa shape index (κ1) is 17.3. The van der Waals surface area contributed by atoms with Crippen molar-refractivity contribution in [1.82, 2.24) is 0 Å². The van der Waals surface area contributed by atoms with E-state index in [9.17, 15) is 0 Å². The Morgan fingerprint density at radius 1 is 0.515 bits per heavy atom. The molecule has 6 aromatic rings. The maximum atomic E-state index is 6.52. The summed E-state index contributed by atoms with van der Waals surface area (Å²) in [6.07, 6.45) is 0. The summed E-state index contributed by atoms with van der Waals surface area (Å²) in [6, 6.07) is 39.3. The van der Waals surface area contributed by atoms with Gasteiger partial charge in [0.2, 0.25) is 0 Å². The van der Waals surface area contributed by atoms with Gasteiger partial charge >= 0.3 is 6.85 Å². The molecule has 3 heteroatoms. The van der Waals surface area contributed by atoms with Crippen LogP contribution in [0.3, 0.4) is 0 Å². The summed E-state index contributed by atoms with van der Waals surface area (Å²) in [5.74, 6) is 0. The number of rotatable bonds is 0. The highest BCUT2D eigenvalue weighted by Gasteiger charge is 2.42. The minimum absolute atomic E-state index is 0.127. The Balaban J connectivity index is 1.55. The van der Waals surface area contributed by atoms with Crippen molar-refractivity contribution in [3.8, 4) is 22.3 Å². The topological polar surface area (TPSA) is 16.4 Å². The molecule has 0 N–H and O–H groups in total. The first-order valence-electron chi connectivity index (χ1n) is 11.4. The van der Waals surface area contributed by atoms with Gasteiger partial charge in [0.05, 0.1) is 0 Å². The predicted octanol–water partition coefficient (Wildman–Crippen LogP) is 6.49. The molecule has 0 amide bonds. The van der Waals surface area contributed by atoms with Crippen LogP contribution in [0.25, 0.3) is 44.2 Å². The second-order valence-corrected chi connectivity index (χ2v) is 8.90. The average Bonchev–Trinajstić information content (AvgIpc) is 3.27. The van der Waals surface area contributed by atoms with E-state index in [1.807, 2.05) is 6.07 Å². The molecule has 2 aliphatic rings. The van der Waals surface area contributed by atoms with E-state index in [0.717, 1.165) is 11.2 Å². The van der Waals surface area contributed by atoms with Gasteiger partial charge in [-0.2, -0.15) is 0 Å². The molecule has 0 aliphatic carbocycles. The van der Waals surface area contributed by atoms with Crippen LogP contribution >= 0.6 is 0 Å². The lowest BCUT2D eigenvalue weighted by atomic mass is 9.43. The molecule has 3 heterocycles. The molecule has 2 aliphatic heterocycles. The summed E-state index contributed by atoms with van der Waals surface area (Å²) in [4.78, 5) is 2.52. The van der Waals surface area contributed by atoms with Crippen molar-refractivity contribution in [1.29, 1.82) is 0 Å². The summed E-state index contributed by atoms with van der Waals surface area (Å²) < 4.78 is 6.52. The number of benzene rings is 5. The molecule has 0 unspecified atom stereocenters. The molecule has 0 radical (unpaired) electrons. The van der Waals surface area contributed by atoms with Crippen molar-refractivity contribution < 1.29 is 4.42 Å². The quantitative estimate of drug-likeness (QED) is 0.262. The van der Waals surface area contributed by atoms with Crippen LogP contribution in [0.1, 0.15) is 0 Å². The predicted molar refractivity (Wildman–Crippen MR) is 138 cm³/mol. The molecule has 0 saturated heterocycles. The van der Waals surface area contributed by atoms with Crippen molar-refractivity contribution in [2.24, 2.45) is 0 Å². The molecule has 0 bridgehead atoms. The first-order chi connectivity index (χ1) is 16.4. The Bertz CT molecular complexity index is 1750. The Hall–Kier alpha value is -4.24. The van der Waals surface area contributed by atoms with E-state index < -0.39 is 0 Å². The van der Waals surface area contributed by atoms with E-state index in [1.165, 1.54) is 55.3 Å². The molecule has 1 aromatic heterocycles. The standard InChI is InChI=1S/C30H18BNO/c1-5-13-24-19(9-1)20-10-3-7-15-26(20)32-27-18-17-22-21-11-4-8-16-28(21)33-30(22)29(27)23-12-2-6-14-25(23)31(24)32/h1-18H. The Labute approximate surface area is 191 Å². The van der Waals surface area contributed by atoms with Gasteiger partial charge in [0.15, 0.2) is 0 Å². The maximum absolute atomic E-state index is 6.52. The van der Waals surface area contributed by atoms with E-state index in [-0.39, 0.29) is 6.85 Å². The highest BCUT2D eigenvalue weighted by atomic mass is 16.3. The second-order valence-electron chi connectivity index (χ2n) is 8.90. The van der Waals surface area contributed by atoms with E-state index >= 15 is 0 Å². The number of para-hydroxylation sites is 2. The summed E-state index contributed by atoms with van der Waals surface area (Å²) in [7, 11) is 0. The van der Waals surface area contributed by atoms with Crippen LogP contribution in [0.15, 0.2) is 114 Å². The molecular weight excluding hydrogens is 401 g/mol. The molecular formula is C30H18BNO. The Morgan fingerprint density at radius 3 is 2.06 bits per heavy atom. The van der Waals surface area contributed by atoms with Gasteiger partial charge < -0.3 is 9.23 Å². The van der Waals surface area contributed by atoms with Crippen molar-refractivity contribution in [3.05, 3.63) is 109 Å². The fourth-order valence-corrected chi connectivity index (χ4v) is 5.95. The zero-order valence-corrected chi connectivity index (χ0v) is 17.8. The van der Waals surface area contributed by atoms with Gasteiger partial charge in [-0.3, -0.25) is 0 Å². The molecule has 8 rings (SSSR count). The van der Waals surface area contributed by atoms with Gasteiger partial charge in [0.1, 0.15) is 11.2 Å². The van der Waals surface area contributed by atoms with E-state index in [1.54, 1.807) is 0 Å². The minimum Gasteiger partial charge on any atom is -0.455 e. The van der Waals surface area contributed by atoms with Crippen LogP contribution in [0.4, 0.5) is 11.4 Å². The number of nitrogens with zero attached hydrogens (tertiary/aromatic N) is 1. The third kappa shape index (κ3) is 2.14. The van der Waals surface area contributed by atoms with E-state index in [4.69, 9.17) is 4.42 Å². The lowest BCUT2D eigenvalue weighted by Gasteiger charge is -2.43. The lowest BCUT2D eigenvalue weighted by Crippen LogP contribution is -2.59. The van der Waals surface area contributed by atoms with Crippen LogP contribution in [0.2, 0.25) is 0 Å². The van der Waals surface area contributed by atoms with Gasteiger partial charge in [-0.05, 0) is 46.3 Å². The number of furan rings is 1. The second kappa shape index (κ2) is 6.17. The van der Waals surface area contributed by atoms with Crippen LogP contribution in [0, 0.1) is 0 Å². The van der Waals surface area contributed by atoms with Gasteiger partial charge in [0, 0.05) is 33.3 Å². The number of hydrogen-bond donors (Lipinski definition) is 0. The van der Waals surface area contributed by atoms with Gasteiger partial charge in [0.25, 0.3) is 0 Å². The Kier molecular flexibility index (Phi) is 3.24. The van der Waals surface area contributed by atoms with Crippen LogP contribution < -0.4 is 15.7 Å². The third-order valence-electron chi connectivity index (χ3n) is 7.28. The number of anilines is 2. The summed E-state index contributed by atoms with van der Waals surface area (Å²) in [6.45, 7) is 0.127. The van der Waals surface area contributed by atoms with Crippen LogP contribution in [-0.4, -0.2) is 6.85 Å². The van der Waals surface area contributed by atoms with Gasteiger partial charge in [-0.25, -0.2) is 0 Å². The first-order valence-corrected chi connectivity index (χ1v) is 11.4. The molecule has 2 nitrogen and oxygen atoms in total. The van der Waals surface area contributed by atoms with Crippen molar-refractivity contribution in [2.75, 3.05) is 4.81 Å². The lowest BCUT2D eigenvalue weighted by molar-refractivity contribution is 0.670. The molecule has 0 fully saturated rings. The van der Waals surface area contributed by atoms with Crippen molar-refractivity contribution in [2.45, 2.75) is 0 Å². The van der Waals surface area contributed by atoms with Crippen molar-refractivity contribution >= 4 is 51.1 Å². The zero-order chi connectivity index (χ0) is 21.5. The van der Waals surface area contributed by atoms with E-state index in [0.29, 0.717) is 0 Å². The Morgan fingerprint density at radius 2 is 1.18 bits per heavy atom. The largest absolute Gasteiger partial charge is 0.455 e. The molecule has 0 atom stereocenters. The van der Waals surface area contributed by atoms with Crippen LogP contribution in [-0.2, 0) is 0 Å². The third-order valence-corrected chi connectivity index (χ3v) is 7.28. The minimum atomic E-state index is 0.127. The normalized spacial score (nSPS) is 13.3. The number of fused-ring (bicyclic) bond motifs is 15. The molecule has 152 valence electrons. The molecule has 5 aromatic carbocycles. The highest BCUT2D eigenvalue weighted by molar-refractivity contribution is 6.92. The molecule has 33 heavy (non-hydrogen) atoms. The number of hydrogen-bond acceptors (Lipinski definition) is 2. The smallest absolute Gasteiger partial charge is 0.329 e. The van der Waals surface area contributed by atoms with Gasteiger partial charge in [-0.1, -0.05) is 84.9 Å². The zero-order valence-electron chi connectivity index (χ0n) is 17.8. The molecule has 0 saturated carbocycles. The average molecular weight is 419 g/mol. The molecule has 0 spiro atoms. The summed E-state index contributed by atoms with van der Waals surface area (Å²) in [5, 5.41) is 2.34. The SMILES string of the molecule is c1ccc2c(c1)B1c3ccccc3-c3c(ccc4c3oc3ccccc34)N1c1ccccc1-2. The summed E-state index contributed by atoms with van der Waals surface area (Å²) >= 11 is 0. The van der Waals surface area contributed by atoms with Gasteiger partial charge in [-0.15, -0.1) is 0 Å².